The number of benzene rings is 1. The average Bonchev–Trinajstić information content (AvgIpc) is 2.24. The van der Waals surface area contributed by atoms with Gasteiger partial charge in [0.2, 0.25) is 0 Å². The molecule has 0 aliphatic carbocycles. The van der Waals surface area contributed by atoms with Gasteiger partial charge < -0.3 is 5.32 Å². The number of rotatable bonds is 5. The van der Waals surface area contributed by atoms with Crippen molar-refractivity contribution in [3.63, 3.8) is 0 Å². The van der Waals surface area contributed by atoms with Crippen LogP contribution in [0.4, 0.5) is 8.78 Å². The van der Waals surface area contributed by atoms with Crippen LogP contribution in [0.2, 0.25) is 0 Å². The van der Waals surface area contributed by atoms with E-state index < -0.39 is 11.6 Å². The van der Waals surface area contributed by atoms with Crippen LogP contribution in [0.3, 0.4) is 0 Å². The number of halogens is 2. The van der Waals surface area contributed by atoms with Gasteiger partial charge in [-0.2, -0.15) is 0 Å². The highest BCUT2D eigenvalue weighted by molar-refractivity contribution is 5.29. The van der Waals surface area contributed by atoms with Crippen molar-refractivity contribution in [3.8, 4) is 0 Å². The van der Waals surface area contributed by atoms with Crippen LogP contribution in [0.5, 0.6) is 0 Å². The first-order valence-electron chi connectivity index (χ1n) is 5.73. The highest BCUT2D eigenvalue weighted by Gasteiger charge is 2.17. The van der Waals surface area contributed by atoms with E-state index in [0.29, 0.717) is 5.56 Å². The van der Waals surface area contributed by atoms with Crippen LogP contribution < -0.4 is 5.32 Å². The lowest BCUT2D eigenvalue weighted by Gasteiger charge is -2.15. The van der Waals surface area contributed by atoms with Gasteiger partial charge in [-0.25, -0.2) is 8.78 Å². The lowest BCUT2D eigenvalue weighted by atomic mass is 9.95. The number of nitrogens with one attached hydrogen (secondary N) is 1. The van der Waals surface area contributed by atoms with Crippen molar-refractivity contribution >= 4 is 0 Å². The van der Waals surface area contributed by atoms with Gasteiger partial charge in [-0.1, -0.05) is 19.9 Å². The summed E-state index contributed by atoms with van der Waals surface area (Å²) in [6.45, 7) is 7.20. The summed E-state index contributed by atoms with van der Waals surface area (Å²) in [6, 6.07) is 2.82. The Morgan fingerprint density at radius 1 is 1.31 bits per heavy atom. The first-order chi connectivity index (χ1) is 7.57. The minimum Gasteiger partial charge on any atom is -0.317 e. The molecule has 0 aliphatic rings. The van der Waals surface area contributed by atoms with E-state index in [9.17, 15) is 8.78 Å². The van der Waals surface area contributed by atoms with E-state index in [1.54, 1.807) is 6.92 Å². The maximum absolute atomic E-state index is 13.8. The van der Waals surface area contributed by atoms with Crippen LogP contribution in [0, 0.1) is 18.6 Å². The van der Waals surface area contributed by atoms with E-state index in [0.717, 1.165) is 19.5 Å². The molecule has 1 rings (SSSR count). The fourth-order valence-electron chi connectivity index (χ4n) is 1.77. The molecule has 16 heavy (non-hydrogen) atoms. The highest BCUT2D eigenvalue weighted by Crippen LogP contribution is 2.26. The summed E-state index contributed by atoms with van der Waals surface area (Å²) in [6.07, 6.45) is 0.741. The summed E-state index contributed by atoms with van der Waals surface area (Å²) in [5.74, 6) is -0.935. The Bertz CT molecular complexity index is 350. The minimum atomic E-state index is -0.438. The van der Waals surface area contributed by atoms with Crippen LogP contribution in [0.15, 0.2) is 12.1 Å². The van der Waals surface area contributed by atoms with E-state index in [1.807, 2.05) is 13.8 Å². The van der Waals surface area contributed by atoms with Gasteiger partial charge in [-0.3, -0.25) is 0 Å². The fourth-order valence-corrected chi connectivity index (χ4v) is 1.77. The molecule has 1 atom stereocenters. The summed E-state index contributed by atoms with van der Waals surface area (Å²) in [4.78, 5) is 0. The molecule has 3 heteroatoms. The average molecular weight is 227 g/mol. The summed E-state index contributed by atoms with van der Waals surface area (Å²) < 4.78 is 27.3. The molecule has 1 aromatic carbocycles. The van der Waals surface area contributed by atoms with Crippen LogP contribution >= 0.6 is 0 Å². The van der Waals surface area contributed by atoms with Crippen LogP contribution in [0.1, 0.15) is 37.3 Å². The Hall–Kier alpha value is -0.960. The predicted octanol–water partition coefficient (Wildman–Crippen LogP) is 3.38. The monoisotopic (exact) mass is 227 g/mol. The van der Waals surface area contributed by atoms with E-state index in [2.05, 4.69) is 5.32 Å². The molecule has 0 saturated heterocycles. The van der Waals surface area contributed by atoms with E-state index in [-0.39, 0.29) is 11.5 Å². The van der Waals surface area contributed by atoms with Gasteiger partial charge in [0, 0.05) is 5.56 Å². The quantitative estimate of drug-likeness (QED) is 0.760. The molecule has 1 unspecified atom stereocenters. The molecule has 0 spiro atoms. The smallest absolute Gasteiger partial charge is 0.132 e. The normalized spacial score (nSPS) is 12.8. The maximum Gasteiger partial charge on any atom is 0.132 e. The number of hydrogen-bond donors (Lipinski definition) is 1. The fraction of sp³-hybridized carbons (Fsp3) is 0.538. The molecule has 1 nitrogen and oxygen atoms in total. The molecule has 0 fully saturated rings. The Kier molecular flexibility index (Phi) is 4.87. The van der Waals surface area contributed by atoms with Gasteiger partial charge in [0.25, 0.3) is 0 Å². The topological polar surface area (TPSA) is 12.0 Å². The van der Waals surface area contributed by atoms with E-state index in [4.69, 9.17) is 0 Å². The lowest BCUT2D eigenvalue weighted by Crippen LogP contribution is -2.17. The van der Waals surface area contributed by atoms with Gasteiger partial charge in [-0.15, -0.1) is 0 Å². The Labute approximate surface area is 95.9 Å². The van der Waals surface area contributed by atoms with Gasteiger partial charge in [-0.05, 0) is 44.0 Å². The first kappa shape index (κ1) is 13.1. The molecular weight excluding hydrogens is 208 g/mol. The maximum atomic E-state index is 13.8. The molecule has 90 valence electrons. The Balaban J connectivity index is 2.81. The lowest BCUT2D eigenvalue weighted by molar-refractivity contribution is 0.508. The van der Waals surface area contributed by atoms with Gasteiger partial charge in [0.1, 0.15) is 11.6 Å². The van der Waals surface area contributed by atoms with Crippen LogP contribution in [0.25, 0.3) is 0 Å². The zero-order valence-electron chi connectivity index (χ0n) is 10.1. The minimum absolute atomic E-state index is 0.0982. The summed E-state index contributed by atoms with van der Waals surface area (Å²) >= 11 is 0. The molecule has 0 aliphatic heterocycles. The van der Waals surface area contributed by atoms with Gasteiger partial charge in [0.15, 0.2) is 0 Å². The molecule has 0 heterocycles. The van der Waals surface area contributed by atoms with Gasteiger partial charge >= 0.3 is 0 Å². The number of aryl methyl sites for hydroxylation is 1. The summed E-state index contributed by atoms with van der Waals surface area (Å²) in [7, 11) is 0. The van der Waals surface area contributed by atoms with Crippen molar-refractivity contribution in [3.05, 3.63) is 34.9 Å². The van der Waals surface area contributed by atoms with Crippen molar-refractivity contribution in [1.82, 2.24) is 5.32 Å². The second-order valence-corrected chi connectivity index (χ2v) is 4.14. The van der Waals surface area contributed by atoms with Crippen LogP contribution in [-0.2, 0) is 0 Å². The zero-order valence-corrected chi connectivity index (χ0v) is 10.1. The summed E-state index contributed by atoms with van der Waals surface area (Å²) in [5, 5.41) is 3.16. The van der Waals surface area contributed by atoms with Crippen molar-refractivity contribution in [2.24, 2.45) is 0 Å². The summed E-state index contributed by atoms with van der Waals surface area (Å²) in [5.41, 5.74) is 0.726. The third-order valence-corrected chi connectivity index (χ3v) is 2.82. The van der Waals surface area contributed by atoms with Crippen molar-refractivity contribution in [2.75, 3.05) is 13.1 Å². The second-order valence-electron chi connectivity index (χ2n) is 4.14. The van der Waals surface area contributed by atoms with E-state index >= 15 is 0 Å². The molecule has 1 N–H and O–H groups in total. The molecular formula is C13H19F2N. The largest absolute Gasteiger partial charge is 0.317 e. The van der Waals surface area contributed by atoms with Crippen LogP contribution in [-0.4, -0.2) is 13.1 Å². The van der Waals surface area contributed by atoms with Crippen molar-refractivity contribution < 1.29 is 8.78 Å². The highest BCUT2D eigenvalue weighted by atomic mass is 19.1. The second kappa shape index (κ2) is 5.94. The Morgan fingerprint density at radius 3 is 2.62 bits per heavy atom. The third-order valence-electron chi connectivity index (χ3n) is 2.82. The first-order valence-corrected chi connectivity index (χ1v) is 5.73. The molecule has 0 radical (unpaired) electrons. The molecule has 0 bridgehead atoms. The predicted molar refractivity (Wildman–Crippen MR) is 62.7 cm³/mol. The van der Waals surface area contributed by atoms with E-state index in [1.165, 1.54) is 12.1 Å². The van der Waals surface area contributed by atoms with Crippen molar-refractivity contribution in [2.45, 2.75) is 33.1 Å². The standard InChI is InChI=1S/C13H19F2N/c1-4-16-8-7-9(2)12-11(14)6-5-10(3)13(12)15/h5-6,9,16H,4,7-8H2,1-3H3. The Morgan fingerprint density at radius 2 is 2.00 bits per heavy atom. The molecule has 1 aromatic rings. The molecule has 0 saturated carbocycles. The van der Waals surface area contributed by atoms with Gasteiger partial charge in [0.05, 0.1) is 0 Å². The molecule has 0 amide bonds. The SMILES string of the molecule is CCNCCC(C)c1c(F)ccc(C)c1F. The third kappa shape index (κ3) is 3.01. The molecule has 0 aromatic heterocycles. The van der Waals surface area contributed by atoms with Crippen molar-refractivity contribution in [1.29, 1.82) is 0 Å². The number of hydrogen-bond acceptors (Lipinski definition) is 1. The zero-order chi connectivity index (χ0) is 12.1.